The predicted octanol–water partition coefficient (Wildman–Crippen LogP) is 2.63. The van der Waals surface area contributed by atoms with E-state index in [1.165, 1.54) is 19.1 Å². The Morgan fingerprint density at radius 1 is 1.56 bits per heavy atom. The molecule has 0 spiro atoms. The first-order valence-corrected chi connectivity index (χ1v) is 5.14. The quantitative estimate of drug-likeness (QED) is 0.840. The van der Waals surface area contributed by atoms with Crippen LogP contribution < -0.4 is 4.74 Å². The van der Waals surface area contributed by atoms with Crippen molar-refractivity contribution in [3.63, 3.8) is 0 Å². The number of ether oxygens (including phenoxy) is 1. The van der Waals surface area contributed by atoms with Crippen LogP contribution in [0.2, 0.25) is 0 Å². The van der Waals surface area contributed by atoms with Crippen LogP contribution in [0.4, 0.5) is 8.78 Å². The molecule has 18 heavy (non-hydrogen) atoms. The van der Waals surface area contributed by atoms with Gasteiger partial charge >= 0.3 is 5.97 Å². The van der Waals surface area contributed by atoms with Gasteiger partial charge in [0, 0.05) is 12.5 Å². The minimum absolute atomic E-state index is 0.184. The highest BCUT2D eigenvalue weighted by molar-refractivity contribution is 5.72. The monoisotopic (exact) mass is 254 g/mol. The van der Waals surface area contributed by atoms with E-state index in [1.54, 1.807) is 0 Å². The first kappa shape index (κ1) is 14.0. The number of halogens is 2. The van der Waals surface area contributed by atoms with Crippen LogP contribution in [0.1, 0.15) is 25.0 Å². The van der Waals surface area contributed by atoms with Crippen molar-refractivity contribution in [3.8, 4) is 18.1 Å². The molecule has 1 aromatic rings. The summed E-state index contributed by atoms with van der Waals surface area (Å²) in [7, 11) is 0. The Bertz CT molecular complexity index is 498. The standard InChI is InChI=1S/C13H12F2O3/c1-4-9-5-6-11(18-8(2)12(16)17)10(7-9)13(3,14)15/h1,5-8H,2-3H3,(H,16,17)/t8-/m0/s1. The van der Waals surface area contributed by atoms with E-state index in [1.807, 2.05) is 0 Å². The van der Waals surface area contributed by atoms with Crippen LogP contribution >= 0.6 is 0 Å². The van der Waals surface area contributed by atoms with Gasteiger partial charge in [0.2, 0.25) is 0 Å². The number of hydrogen-bond donors (Lipinski definition) is 1. The fraction of sp³-hybridized carbons (Fsp3) is 0.308. The van der Waals surface area contributed by atoms with Gasteiger partial charge in [-0.25, -0.2) is 13.6 Å². The molecule has 0 radical (unpaired) electrons. The van der Waals surface area contributed by atoms with Crippen LogP contribution in [-0.4, -0.2) is 17.2 Å². The van der Waals surface area contributed by atoms with E-state index in [2.05, 4.69) is 5.92 Å². The molecule has 5 heteroatoms. The summed E-state index contributed by atoms with van der Waals surface area (Å²) in [4.78, 5) is 10.6. The molecule has 0 aliphatic carbocycles. The molecule has 0 heterocycles. The van der Waals surface area contributed by atoms with Crippen molar-refractivity contribution in [2.45, 2.75) is 25.9 Å². The van der Waals surface area contributed by atoms with Gasteiger partial charge in [0.15, 0.2) is 6.10 Å². The number of carboxylic acid groups (broad SMARTS) is 1. The summed E-state index contributed by atoms with van der Waals surface area (Å²) in [5.41, 5.74) is -0.145. The summed E-state index contributed by atoms with van der Waals surface area (Å²) in [6, 6.07) is 3.78. The zero-order chi connectivity index (χ0) is 13.9. The average molecular weight is 254 g/mol. The van der Waals surface area contributed by atoms with E-state index in [0.29, 0.717) is 6.92 Å². The van der Waals surface area contributed by atoms with Crippen LogP contribution in [0.15, 0.2) is 18.2 Å². The lowest BCUT2D eigenvalue weighted by Gasteiger charge is -2.18. The summed E-state index contributed by atoms with van der Waals surface area (Å²) < 4.78 is 31.8. The molecule has 0 aliphatic rings. The molecule has 0 aromatic heterocycles. The van der Waals surface area contributed by atoms with E-state index in [9.17, 15) is 13.6 Å². The van der Waals surface area contributed by atoms with Crippen molar-refractivity contribution in [2.24, 2.45) is 0 Å². The lowest BCUT2D eigenvalue weighted by atomic mass is 10.1. The Morgan fingerprint density at radius 2 is 2.17 bits per heavy atom. The molecule has 0 fully saturated rings. The lowest BCUT2D eigenvalue weighted by Crippen LogP contribution is -2.24. The third-order valence-electron chi connectivity index (χ3n) is 2.27. The molecule has 1 rings (SSSR count). The third kappa shape index (κ3) is 3.20. The van der Waals surface area contributed by atoms with Gasteiger partial charge < -0.3 is 9.84 Å². The number of rotatable bonds is 4. The number of carboxylic acids is 1. The summed E-state index contributed by atoms with van der Waals surface area (Å²) in [6.45, 7) is 1.95. The topological polar surface area (TPSA) is 46.5 Å². The maximum Gasteiger partial charge on any atom is 0.344 e. The molecular formula is C13H12F2O3. The molecule has 0 saturated carbocycles. The van der Waals surface area contributed by atoms with Gasteiger partial charge in [-0.1, -0.05) is 5.92 Å². The zero-order valence-electron chi connectivity index (χ0n) is 9.91. The van der Waals surface area contributed by atoms with Crippen LogP contribution in [-0.2, 0) is 10.7 Å². The van der Waals surface area contributed by atoms with Crippen LogP contribution in [0.5, 0.6) is 5.75 Å². The number of alkyl halides is 2. The summed E-state index contributed by atoms with van der Waals surface area (Å²) in [6.07, 6.45) is 3.91. The molecule has 0 saturated heterocycles. The van der Waals surface area contributed by atoms with Gasteiger partial charge in [-0.15, -0.1) is 6.42 Å². The molecule has 0 amide bonds. The molecule has 0 bridgehead atoms. The maximum absolute atomic E-state index is 13.4. The molecule has 1 N–H and O–H groups in total. The largest absolute Gasteiger partial charge is 0.479 e. The highest BCUT2D eigenvalue weighted by Crippen LogP contribution is 2.35. The van der Waals surface area contributed by atoms with Gasteiger partial charge in [0.25, 0.3) is 5.92 Å². The molecule has 96 valence electrons. The maximum atomic E-state index is 13.4. The minimum Gasteiger partial charge on any atom is -0.479 e. The van der Waals surface area contributed by atoms with E-state index in [-0.39, 0.29) is 11.3 Å². The van der Waals surface area contributed by atoms with Crippen molar-refractivity contribution < 1.29 is 23.4 Å². The Morgan fingerprint density at radius 3 is 2.61 bits per heavy atom. The van der Waals surface area contributed by atoms with Gasteiger partial charge in [-0.2, -0.15) is 0 Å². The SMILES string of the molecule is C#Cc1ccc(O[C@@H](C)C(=O)O)c(C(C)(F)F)c1. The molecule has 0 unspecified atom stereocenters. The van der Waals surface area contributed by atoms with Crippen molar-refractivity contribution in [3.05, 3.63) is 29.3 Å². The van der Waals surface area contributed by atoms with Crippen LogP contribution in [0, 0.1) is 12.3 Å². The number of terminal acetylenes is 1. The van der Waals surface area contributed by atoms with Crippen molar-refractivity contribution >= 4 is 5.97 Å². The number of benzene rings is 1. The number of hydrogen-bond acceptors (Lipinski definition) is 2. The van der Waals surface area contributed by atoms with Crippen LogP contribution in [0.3, 0.4) is 0 Å². The van der Waals surface area contributed by atoms with Crippen molar-refractivity contribution in [1.82, 2.24) is 0 Å². The van der Waals surface area contributed by atoms with Gasteiger partial charge in [-0.3, -0.25) is 0 Å². The van der Waals surface area contributed by atoms with E-state index < -0.39 is 23.6 Å². The van der Waals surface area contributed by atoms with Crippen molar-refractivity contribution in [2.75, 3.05) is 0 Å². The molecule has 1 atom stereocenters. The average Bonchev–Trinajstić information content (AvgIpc) is 2.27. The van der Waals surface area contributed by atoms with Crippen LogP contribution in [0.25, 0.3) is 0 Å². The van der Waals surface area contributed by atoms with Gasteiger partial charge in [-0.05, 0) is 25.1 Å². The summed E-state index contributed by atoms with van der Waals surface area (Å²) in [5, 5.41) is 8.69. The minimum atomic E-state index is -3.17. The molecule has 3 nitrogen and oxygen atoms in total. The summed E-state index contributed by atoms with van der Waals surface area (Å²) in [5.74, 6) is -2.35. The predicted molar refractivity (Wildman–Crippen MR) is 61.7 cm³/mol. The van der Waals surface area contributed by atoms with Crippen molar-refractivity contribution in [1.29, 1.82) is 0 Å². The molecule has 1 aromatic carbocycles. The second kappa shape index (κ2) is 5.05. The second-order valence-corrected chi connectivity index (χ2v) is 3.84. The second-order valence-electron chi connectivity index (χ2n) is 3.84. The summed E-state index contributed by atoms with van der Waals surface area (Å²) >= 11 is 0. The van der Waals surface area contributed by atoms with Gasteiger partial charge in [0.05, 0.1) is 5.56 Å². The van der Waals surface area contributed by atoms with Gasteiger partial charge in [0.1, 0.15) is 5.75 Å². The highest BCUT2D eigenvalue weighted by atomic mass is 19.3. The fourth-order valence-electron chi connectivity index (χ4n) is 1.31. The first-order valence-electron chi connectivity index (χ1n) is 5.14. The molecule has 0 aliphatic heterocycles. The Labute approximate surface area is 103 Å². The first-order chi connectivity index (χ1) is 8.25. The Hall–Kier alpha value is -2.09. The Balaban J connectivity index is 3.20. The normalized spacial score (nSPS) is 12.6. The lowest BCUT2D eigenvalue weighted by molar-refractivity contribution is -0.144. The van der Waals surface area contributed by atoms with E-state index >= 15 is 0 Å². The van der Waals surface area contributed by atoms with E-state index in [4.69, 9.17) is 16.3 Å². The third-order valence-corrected chi connectivity index (χ3v) is 2.27. The fourth-order valence-corrected chi connectivity index (χ4v) is 1.31. The smallest absolute Gasteiger partial charge is 0.344 e. The number of aliphatic carboxylic acids is 1. The molecular weight excluding hydrogens is 242 g/mol. The highest BCUT2D eigenvalue weighted by Gasteiger charge is 2.30. The zero-order valence-corrected chi connectivity index (χ0v) is 9.91. The number of carbonyl (C=O) groups is 1. The van der Waals surface area contributed by atoms with E-state index in [0.717, 1.165) is 6.07 Å². The Kier molecular flexibility index (Phi) is 3.92.